The van der Waals surface area contributed by atoms with Gasteiger partial charge in [-0.1, -0.05) is 29.8 Å². The maximum Gasteiger partial charge on any atom is 0.292 e. The van der Waals surface area contributed by atoms with Crippen molar-refractivity contribution in [2.45, 2.75) is 13.0 Å². The van der Waals surface area contributed by atoms with Crippen molar-refractivity contribution in [3.63, 3.8) is 0 Å². The summed E-state index contributed by atoms with van der Waals surface area (Å²) in [6.45, 7) is 3.47. The van der Waals surface area contributed by atoms with Gasteiger partial charge in [-0.3, -0.25) is 14.4 Å². The number of para-hydroxylation sites is 1. The number of benzene rings is 1. The second-order valence-electron chi connectivity index (χ2n) is 7.38. The van der Waals surface area contributed by atoms with E-state index in [1.807, 2.05) is 23.1 Å². The third-order valence-electron chi connectivity index (χ3n) is 5.30. The minimum Gasteiger partial charge on any atom is -0.459 e. The van der Waals surface area contributed by atoms with Crippen molar-refractivity contribution in [1.82, 2.24) is 20.0 Å². The third kappa shape index (κ3) is 4.38. The van der Waals surface area contributed by atoms with Crippen LogP contribution in [0.25, 0.3) is 5.69 Å². The molecule has 1 atom stereocenters. The number of carbonyl (C=O) groups is 2. The number of hydrogen-bond donors (Lipinski definition) is 1. The van der Waals surface area contributed by atoms with Crippen LogP contribution in [0.4, 0.5) is 5.69 Å². The fourth-order valence-corrected chi connectivity index (χ4v) is 3.82. The van der Waals surface area contributed by atoms with Gasteiger partial charge in [0.05, 0.1) is 23.8 Å². The summed E-state index contributed by atoms with van der Waals surface area (Å²) >= 11 is 6.39. The van der Waals surface area contributed by atoms with Crippen LogP contribution in [0.3, 0.4) is 0 Å². The fourth-order valence-electron chi connectivity index (χ4n) is 3.58. The second-order valence-corrected chi connectivity index (χ2v) is 7.76. The molecule has 0 spiro atoms. The molecule has 1 fully saturated rings. The standard InChI is InChI=1S/C22H22ClN5O4/c1-15(25-20(29)18-8-5-13-32-18)21(30)27-11-9-26(10-12-27)17-14-24-28(22(31)19(17)23)16-6-3-2-4-7-16/h2-8,13-15H,9-12H2,1H3,(H,25,29)/t15-/m1/s1. The Bertz CT molecular complexity index is 1150. The smallest absolute Gasteiger partial charge is 0.292 e. The van der Waals surface area contributed by atoms with E-state index < -0.39 is 17.5 Å². The number of hydrogen-bond acceptors (Lipinski definition) is 6. The van der Waals surface area contributed by atoms with Crippen LogP contribution < -0.4 is 15.8 Å². The van der Waals surface area contributed by atoms with Gasteiger partial charge < -0.3 is 19.5 Å². The molecule has 0 aliphatic carbocycles. The van der Waals surface area contributed by atoms with E-state index >= 15 is 0 Å². The molecule has 0 radical (unpaired) electrons. The highest BCUT2D eigenvalue weighted by atomic mass is 35.5. The van der Waals surface area contributed by atoms with Gasteiger partial charge in [0.15, 0.2) is 5.76 Å². The zero-order chi connectivity index (χ0) is 22.7. The van der Waals surface area contributed by atoms with Crippen LogP contribution in [0, 0.1) is 0 Å². The zero-order valence-corrected chi connectivity index (χ0v) is 18.2. The Morgan fingerprint density at radius 1 is 1.09 bits per heavy atom. The number of nitrogens with one attached hydrogen (secondary N) is 1. The molecule has 4 rings (SSSR count). The Hall–Kier alpha value is -3.59. The lowest BCUT2D eigenvalue weighted by molar-refractivity contribution is -0.133. The van der Waals surface area contributed by atoms with Crippen LogP contribution in [0.15, 0.2) is 64.1 Å². The SMILES string of the molecule is C[C@@H](NC(=O)c1ccco1)C(=O)N1CCN(c2cnn(-c3ccccc3)c(=O)c2Cl)CC1. The van der Waals surface area contributed by atoms with Crippen LogP contribution in [-0.2, 0) is 4.79 Å². The van der Waals surface area contributed by atoms with Crippen LogP contribution in [0.1, 0.15) is 17.5 Å². The third-order valence-corrected chi connectivity index (χ3v) is 5.65. The van der Waals surface area contributed by atoms with Crippen molar-refractivity contribution in [3.8, 4) is 5.69 Å². The van der Waals surface area contributed by atoms with E-state index in [2.05, 4.69) is 10.4 Å². The van der Waals surface area contributed by atoms with Gasteiger partial charge in [-0.2, -0.15) is 9.78 Å². The number of piperazine rings is 1. The maximum absolute atomic E-state index is 12.7. The molecule has 166 valence electrons. The first kappa shape index (κ1) is 21.6. The molecule has 1 aliphatic rings. The lowest BCUT2D eigenvalue weighted by atomic mass is 10.2. The average Bonchev–Trinajstić information content (AvgIpc) is 3.36. The predicted octanol–water partition coefficient (Wildman–Crippen LogP) is 1.95. The molecule has 3 heterocycles. The highest BCUT2D eigenvalue weighted by Crippen LogP contribution is 2.23. The molecule has 2 amide bonds. The molecule has 0 unspecified atom stereocenters. The number of nitrogens with zero attached hydrogens (tertiary/aromatic N) is 4. The maximum atomic E-state index is 12.7. The summed E-state index contributed by atoms with van der Waals surface area (Å²) < 4.78 is 6.31. The first-order valence-electron chi connectivity index (χ1n) is 10.2. The van der Waals surface area contributed by atoms with E-state index in [1.54, 1.807) is 36.2 Å². The van der Waals surface area contributed by atoms with Gasteiger partial charge in [0, 0.05) is 26.2 Å². The fraction of sp³-hybridized carbons (Fsp3) is 0.273. The molecule has 1 aromatic carbocycles. The van der Waals surface area contributed by atoms with Crippen molar-refractivity contribution in [2.24, 2.45) is 0 Å². The summed E-state index contributed by atoms with van der Waals surface area (Å²) in [5.41, 5.74) is 0.769. The Morgan fingerprint density at radius 2 is 1.81 bits per heavy atom. The van der Waals surface area contributed by atoms with Crippen LogP contribution in [-0.4, -0.2) is 58.7 Å². The number of carbonyl (C=O) groups excluding carboxylic acids is 2. The summed E-state index contributed by atoms with van der Waals surface area (Å²) in [4.78, 5) is 41.2. The normalized spacial score (nSPS) is 14.8. The molecule has 1 aliphatic heterocycles. The molecular weight excluding hydrogens is 434 g/mol. The number of halogens is 1. The van der Waals surface area contributed by atoms with Crippen molar-refractivity contribution in [1.29, 1.82) is 0 Å². The number of amides is 2. The van der Waals surface area contributed by atoms with Crippen LogP contribution in [0.2, 0.25) is 5.02 Å². The van der Waals surface area contributed by atoms with E-state index in [-0.39, 0.29) is 16.7 Å². The predicted molar refractivity (Wildman–Crippen MR) is 119 cm³/mol. The summed E-state index contributed by atoms with van der Waals surface area (Å²) in [5.74, 6) is -0.471. The first-order chi connectivity index (χ1) is 15.5. The van der Waals surface area contributed by atoms with Gasteiger partial charge in [0.1, 0.15) is 11.1 Å². The van der Waals surface area contributed by atoms with Crippen molar-refractivity contribution in [3.05, 3.63) is 76.1 Å². The number of rotatable bonds is 5. The lowest BCUT2D eigenvalue weighted by Gasteiger charge is -2.37. The van der Waals surface area contributed by atoms with Gasteiger partial charge in [0.25, 0.3) is 11.5 Å². The number of aromatic nitrogens is 2. The Labute approximate surface area is 189 Å². The molecule has 9 nitrogen and oxygen atoms in total. The van der Waals surface area contributed by atoms with Gasteiger partial charge in [-0.05, 0) is 31.2 Å². The van der Waals surface area contributed by atoms with E-state index in [0.717, 1.165) is 0 Å². The first-order valence-corrected chi connectivity index (χ1v) is 10.5. The summed E-state index contributed by atoms with van der Waals surface area (Å²) in [6, 6.07) is 11.5. The highest BCUT2D eigenvalue weighted by Gasteiger charge is 2.28. The monoisotopic (exact) mass is 455 g/mol. The molecule has 0 saturated carbocycles. The molecule has 2 aromatic heterocycles. The molecular formula is C22H22ClN5O4. The Kier molecular flexibility index (Phi) is 6.27. The van der Waals surface area contributed by atoms with Gasteiger partial charge in [-0.15, -0.1) is 0 Å². The summed E-state index contributed by atoms with van der Waals surface area (Å²) in [6.07, 6.45) is 2.97. The average molecular weight is 456 g/mol. The largest absolute Gasteiger partial charge is 0.459 e. The summed E-state index contributed by atoms with van der Waals surface area (Å²) in [7, 11) is 0. The second kappa shape index (κ2) is 9.27. The van der Waals surface area contributed by atoms with E-state index in [4.69, 9.17) is 16.0 Å². The van der Waals surface area contributed by atoms with Crippen LogP contribution >= 0.6 is 11.6 Å². The Morgan fingerprint density at radius 3 is 2.47 bits per heavy atom. The minimum absolute atomic E-state index is 0.0858. The molecule has 0 bridgehead atoms. The van der Waals surface area contributed by atoms with Gasteiger partial charge >= 0.3 is 0 Å². The number of anilines is 1. The van der Waals surface area contributed by atoms with E-state index in [9.17, 15) is 14.4 Å². The van der Waals surface area contributed by atoms with Gasteiger partial charge in [0.2, 0.25) is 5.91 Å². The summed E-state index contributed by atoms with van der Waals surface area (Å²) in [5, 5.41) is 7.00. The zero-order valence-electron chi connectivity index (χ0n) is 17.4. The van der Waals surface area contributed by atoms with E-state index in [1.165, 1.54) is 17.0 Å². The molecule has 3 aromatic rings. The van der Waals surface area contributed by atoms with Crippen molar-refractivity contribution >= 4 is 29.1 Å². The lowest BCUT2D eigenvalue weighted by Crippen LogP contribution is -2.54. The van der Waals surface area contributed by atoms with Crippen molar-refractivity contribution in [2.75, 3.05) is 31.1 Å². The van der Waals surface area contributed by atoms with Crippen molar-refractivity contribution < 1.29 is 14.0 Å². The topological polar surface area (TPSA) is 101 Å². The molecule has 32 heavy (non-hydrogen) atoms. The Balaban J connectivity index is 1.39. The van der Waals surface area contributed by atoms with Crippen LogP contribution in [0.5, 0.6) is 0 Å². The van der Waals surface area contributed by atoms with E-state index in [0.29, 0.717) is 37.6 Å². The number of furan rings is 1. The quantitative estimate of drug-likeness (QED) is 0.631. The van der Waals surface area contributed by atoms with Gasteiger partial charge in [-0.25, -0.2) is 0 Å². The molecule has 1 saturated heterocycles. The minimum atomic E-state index is -0.695. The highest BCUT2D eigenvalue weighted by molar-refractivity contribution is 6.33. The molecule has 1 N–H and O–H groups in total. The molecule has 10 heteroatoms.